The number of aromatic nitrogens is 2. The highest BCUT2D eigenvalue weighted by atomic mass is 35.5. The van der Waals surface area contributed by atoms with Gasteiger partial charge in [0.25, 0.3) is 5.56 Å². The Kier molecular flexibility index (Phi) is 3.71. The van der Waals surface area contributed by atoms with Crippen molar-refractivity contribution in [3.05, 3.63) is 38.4 Å². The molecule has 1 saturated heterocycles. The quantitative estimate of drug-likeness (QED) is 0.881. The Morgan fingerprint density at radius 3 is 2.80 bits per heavy atom. The second-order valence-electron chi connectivity index (χ2n) is 5.16. The summed E-state index contributed by atoms with van der Waals surface area (Å²) in [5, 5.41) is 4.66. The summed E-state index contributed by atoms with van der Waals surface area (Å²) >= 11 is 12.0. The van der Waals surface area contributed by atoms with Crippen LogP contribution in [0.3, 0.4) is 0 Å². The summed E-state index contributed by atoms with van der Waals surface area (Å²) in [5.41, 5.74) is 0.539. The van der Waals surface area contributed by atoms with Gasteiger partial charge in [0.05, 0.1) is 20.9 Å². The molecule has 2 heterocycles. The van der Waals surface area contributed by atoms with E-state index in [2.05, 4.69) is 10.3 Å². The van der Waals surface area contributed by atoms with Crippen LogP contribution in [-0.2, 0) is 7.05 Å². The lowest BCUT2D eigenvalue weighted by molar-refractivity contribution is 0.434. The molecule has 20 heavy (non-hydrogen) atoms. The van der Waals surface area contributed by atoms with Gasteiger partial charge in [0.15, 0.2) is 0 Å². The molecule has 0 saturated carbocycles. The van der Waals surface area contributed by atoms with Crippen LogP contribution in [0.15, 0.2) is 16.9 Å². The van der Waals surface area contributed by atoms with Gasteiger partial charge in [0.2, 0.25) is 0 Å². The molecular formula is C14H15Cl2N3O. The van der Waals surface area contributed by atoms with E-state index in [-0.39, 0.29) is 11.5 Å². The number of hydrogen-bond acceptors (Lipinski definition) is 3. The van der Waals surface area contributed by atoms with Crippen molar-refractivity contribution in [3.8, 4) is 0 Å². The van der Waals surface area contributed by atoms with Gasteiger partial charge < -0.3 is 5.32 Å². The van der Waals surface area contributed by atoms with Gasteiger partial charge >= 0.3 is 0 Å². The molecule has 6 heteroatoms. The maximum absolute atomic E-state index is 12.5. The van der Waals surface area contributed by atoms with E-state index < -0.39 is 0 Å². The Balaban J connectivity index is 2.21. The molecule has 106 valence electrons. The molecule has 0 spiro atoms. The van der Waals surface area contributed by atoms with E-state index in [1.807, 2.05) is 0 Å². The Morgan fingerprint density at radius 1 is 1.35 bits per heavy atom. The van der Waals surface area contributed by atoms with Crippen molar-refractivity contribution in [3.63, 3.8) is 0 Å². The fourth-order valence-corrected chi connectivity index (χ4v) is 3.04. The van der Waals surface area contributed by atoms with Crippen molar-refractivity contribution in [2.75, 3.05) is 13.1 Å². The number of piperidine rings is 1. The van der Waals surface area contributed by atoms with Crippen molar-refractivity contribution in [2.45, 2.75) is 18.8 Å². The largest absolute Gasteiger partial charge is 0.316 e. The minimum atomic E-state index is -0.0749. The molecule has 0 bridgehead atoms. The molecule has 1 aliphatic rings. The van der Waals surface area contributed by atoms with Crippen LogP contribution in [-0.4, -0.2) is 22.6 Å². The molecule has 0 amide bonds. The summed E-state index contributed by atoms with van der Waals surface area (Å²) < 4.78 is 1.63. The van der Waals surface area contributed by atoms with Gasteiger partial charge in [0, 0.05) is 19.5 Å². The second-order valence-corrected chi connectivity index (χ2v) is 5.98. The van der Waals surface area contributed by atoms with Crippen molar-refractivity contribution < 1.29 is 0 Å². The number of hydrogen-bond donors (Lipinski definition) is 1. The molecule has 3 rings (SSSR count). The van der Waals surface area contributed by atoms with E-state index in [1.54, 1.807) is 23.7 Å². The molecule has 1 fully saturated rings. The van der Waals surface area contributed by atoms with E-state index in [0.717, 1.165) is 31.8 Å². The van der Waals surface area contributed by atoms with E-state index in [0.29, 0.717) is 20.9 Å². The average Bonchev–Trinajstić information content (AvgIpc) is 2.46. The monoisotopic (exact) mass is 311 g/mol. The minimum absolute atomic E-state index is 0.0749. The first kappa shape index (κ1) is 13.9. The first-order valence-corrected chi connectivity index (χ1v) is 7.40. The maximum Gasteiger partial charge on any atom is 0.261 e. The first-order valence-electron chi connectivity index (χ1n) is 6.64. The fraction of sp³-hybridized carbons (Fsp3) is 0.429. The smallest absolute Gasteiger partial charge is 0.261 e. The van der Waals surface area contributed by atoms with Crippen LogP contribution in [0.5, 0.6) is 0 Å². The predicted octanol–water partition coefficient (Wildman–Crippen LogP) is 2.71. The molecule has 1 N–H and O–H groups in total. The highest BCUT2D eigenvalue weighted by Gasteiger charge is 2.21. The van der Waals surface area contributed by atoms with E-state index >= 15 is 0 Å². The van der Waals surface area contributed by atoms with E-state index in [9.17, 15) is 4.79 Å². The summed E-state index contributed by atoms with van der Waals surface area (Å²) in [7, 11) is 1.77. The molecule has 0 aliphatic carbocycles. The van der Waals surface area contributed by atoms with Crippen LogP contribution < -0.4 is 10.9 Å². The number of rotatable bonds is 1. The van der Waals surface area contributed by atoms with E-state index in [4.69, 9.17) is 23.2 Å². The van der Waals surface area contributed by atoms with Crippen molar-refractivity contribution in [2.24, 2.45) is 7.05 Å². The minimum Gasteiger partial charge on any atom is -0.316 e. The zero-order chi connectivity index (χ0) is 14.3. The van der Waals surface area contributed by atoms with Crippen LogP contribution in [0.4, 0.5) is 0 Å². The topological polar surface area (TPSA) is 46.9 Å². The lowest BCUT2D eigenvalue weighted by Crippen LogP contribution is -2.33. The molecule has 0 unspecified atom stereocenters. The van der Waals surface area contributed by atoms with Gasteiger partial charge in [0.1, 0.15) is 5.82 Å². The Labute approximate surface area is 126 Å². The van der Waals surface area contributed by atoms with Gasteiger partial charge in [-0.1, -0.05) is 23.2 Å². The van der Waals surface area contributed by atoms with Crippen molar-refractivity contribution >= 4 is 34.1 Å². The SMILES string of the molecule is Cn1c([C@@H]2CCCNC2)nc2cc(Cl)c(Cl)cc2c1=O. The Hall–Kier alpha value is -1.10. The lowest BCUT2D eigenvalue weighted by atomic mass is 9.98. The lowest BCUT2D eigenvalue weighted by Gasteiger charge is -2.24. The standard InChI is InChI=1S/C14H15Cl2N3O/c1-19-13(8-3-2-4-17-7-8)18-12-6-11(16)10(15)5-9(12)14(19)20/h5-6,8,17H,2-4,7H2,1H3/t8-/m1/s1. The number of benzene rings is 1. The Bertz CT molecular complexity index is 720. The molecule has 1 aromatic carbocycles. The van der Waals surface area contributed by atoms with Crippen molar-refractivity contribution in [1.29, 1.82) is 0 Å². The number of fused-ring (bicyclic) bond motifs is 1. The zero-order valence-electron chi connectivity index (χ0n) is 11.1. The van der Waals surface area contributed by atoms with Crippen molar-refractivity contribution in [1.82, 2.24) is 14.9 Å². The normalized spacial score (nSPS) is 19.4. The maximum atomic E-state index is 12.5. The molecule has 4 nitrogen and oxygen atoms in total. The number of nitrogens with zero attached hydrogens (tertiary/aromatic N) is 2. The van der Waals surface area contributed by atoms with Crippen LogP contribution >= 0.6 is 23.2 Å². The fourth-order valence-electron chi connectivity index (χ4n) is 2.72. The van der Waals surface area contributed by atoms with Crippen LogP contribution in [0.1, 0.15) is 24.6 Å². The van der Waals surface area contributed by atoms with Gasteiger partial charge in [-0.2, -0.15) is 0 Å². The van der Waals surface area contributed by atoms with Gasteiger partial charge in [-0.15, -0.1) is 0 Å². The third-order valence-electron chi connectivity index (χ3n) is 3.81. The molecule has 2 aromatic rings. The van der Waals surface area contributed by atoms with Gasteiger partial charge in [-0.05, 0) is 31.5 Å². The molecule has 0 radical (unpaired) electrons. The predicted molar refractivity (Wildman–Crippen MR) is 81.8 cm³/mol. The summed E-state index contributed by atoms with van der Waals surface area (Å²) in [6, 6.07) is 3.26. The summed E-state index contributed by atoms with van der Waals surface area (Å²) in [6.07, 6.45) is 2.14. The average molecular weight is 312 g/mol. The van der Waals surface area contributed by atoms with Crippen LogP contribution in [0.25, 0.3) is 10.9 Å². The molecular weight excluding hydrogens is 297 g/mol. The highest BCUT2D eigenvalue weighted by Crippen LogP contribution is 2.27. The second kappa shape index (κ2) is 5.35. The highest BCUT2D eigenvalue weighted by molar-refractivity contribution is 6.42. The molecule has 1 aliphatic heterocycles. The number of nitrogens with one attached hydrogen (secondary N) is 1. The third kappa shape index (κ3) is 2.32. The Morgan fingerprint density at radius 2 is 2.10 bits per heavy atom. The summed E-state index contributed by atoms with van der Waals surface area (Å²) in [4.78, 5) is 17.1. The zero-order valence-corrected chi connectivity index (χ0v) is 12.6. The summed E-state index contributed by atoms with van der Waals surface area (Å²) in [6.45, 7) is 1.88. The van der Waals surface area contributed by atoms with Gasteiger partial charge in [-0.25, -0.2) is 4.98 Å². The summed E-state index contributed by atoms with van der Waals surface area (Å²) in [5.74, 6) is 1.08. The van der Waals surface area contributed by atoms with Crippen LogP contribution in [0.2, 0.25) is 10.0 Å². The van der Waals surface area contributed by atoms with E-state index in [1.165, 1.54) is 0 Å². The molecule has 1 aromatic heterocycles. The molecule has 1 atom stereocenters. The van der Waals surface area contributed by atoms with Gasteiger partial charge in [-0.3, -0.25) is 9.36 Å². The number of halogens is 2. The first-order chi connectivity index (χ1) is 9.58. The van der Waals surface area contributed by atoms with Crippen LogP contribution in [0, 0.1) is 0 Å². The third-order valence-corrected chi connectivity index (χ3v) is 4.54.